The van der Waals surface area contributed by atoms with Gasteiger partial charge in [0.1, 0.15) is 23.3 Å². The summed E-state index contributed by atoms with van der Waals surface area (Å²) in [7, 11) is 0. The molecule has 0 spiro atoms. The van der Waals surface area contributed by atoms with E-state index in [9.17, 15) is 27.2 Å². The highest BCUT2D eigenvalue weighted by Crippen LogP contribution is 2.19. The van der Waals surface area contributed by atoms with Gasteiger partial charge in [0.2, 0.25) is 0 Å². The fourth-order valence-corrected chi connectivity index (χ4v) is 3.31. The molecule has 0 bridgehead atoms. The molecule has 0 saturated carbocycles. The van der Waals surface area contributed by atoms with Gasteiger partial charge in [-0.05, 0) is 42.8 Å². The van der Waals surface area contributed by atoms with Crippen LogP contribution in [-0.4, -0.2) is 23.3 Å². The van der Waals surface area contributed by atoms with E-state index >= 15 is 0 Å². The predicted molar refractivity (Wildman–Crippen MR) is 111 cm³/mol. The standard InChI is InChI=1S/C24H27F4NO2/c1-2-3-4-5-6-7-8-9-14-29(23(30)19-15-17(25)10-12-21(19)27)24(31)20-16-18(26)11-13-22(20)28/h10-13,15-16H,2-9,14H2,1H3. The number of hydrogen-bond donors (Lipinski definition) is 0. The SMILES string of the molecule is CCCCCCCCCCN(C(=O)c1cc(F)ccc1F)C(=O)c1cc(F)ccc1F. The van der Waals surface area contributed by atoms with Crippen molar-refractivity contribution in [3.05, 3.63) is 70.8 Å². The molecule has 0 heterocycles. The Hall–Kier alpha value is -2.70. The summed E-state index contributed by atoms with van der Waals surface area (Å²) in [6.45, 7) is 2.02. The van der Waals surface area contributed by atoms with Crippen LogP contribution >= 0.6 is 0 Å². The van der Waals surface area contributed by atoms with Crippen molar-refractivity contribution in [2.45, 2.75) is 58.3 Å². The van der Waals surface area contributed by atoms with Crippen molar-refractivity contribution in [2.24, 2.45) is 0 Å². The van der Waals surface area contributed by atoms with E-state index in [-0.39, 0.29) is 6.54 Å². The van der Waals surface area contributed by atoms with Crippen LogP contribution in [0.25, 0.3) is 0 Å². The van der Waals surface area contributed by atoms with E-state index < -0.39 is 46.2 Å². The first-order valence-corrected chi connectivity index (χ1v) is 10.6. The van der Waals surface area contributed by atoms with Crippen LogP contribution in [0.5, 0.6) is 0 Å². The molecule has 0 atom stereocenters. The molecular weight excluding hydrogens is 410 g/mol. The second-order valence-electron chi connectivity index (χ2n) is 7.49. The number of imide groups is 1. The van der Waals surface area contributed by atoms with Gasteiger partial charge in [0.05, 0.1) is 11.1 Å². The molecule has 0 aliphatic heterocycles. The third kappa shape index (κ3) is 7.19. The summed E-state index contributed by atoms with van der Waals surface area (Å²) in [4.78, 5) is 26.4. The highest BCUT2D eigenvalue weighted by molar-refractivity contribution is 6.10. The van der Waals surface area contributed by atoms with Crippen molar-refractivity contribution in [1.29, 1.82) is 0 Å². The molecule has 2 aromatic rings. The van der Waals surface area contributed by atoms with Crippen LogP contribution in [0, 0.1) is 23.3 Å². The molecule has 7 heteroatoms. The summed E-state index contributed by atoms with van der Waals surface area (Å²) in [6.07, 6.45) is 7.60. The van der Waals surface area contributed by atoms with Gasteiger partial charge < -0.3 is 0 Å². The molecular formula is C24H27F4NO2. The van der Waals surface area contributed by atoms with Crippen molar-refractivity contribution in [3.63, 3.8) is 0 Å². The predicted octanol–water partition coefficient (Wildman–Crippen LogP) is 6.67. The zero-order valence-electron chi connectivity index (χ0n) is 17.6. The monoisotopic (exact) mass is 437 g/mol. The number of rotatable bonds is 11. The lowest BCUT2D eigenvalue weighted by Gasteiger charge is -2.22. The lowest BCUT2D eigenvalue weighted by atomic mass is 10.1. The van der Waals surface area contributed by atoms with Gasteiger partial charge >= 0.3 is 0 Å². The first-order chi connectivity index (χ1) is 14.8. The Morgan fingerprint density at radius 2 is 1.10 bits per heavy atom. The number of carbonyl (C=O) groups excluding carboxylic acids is 2. The van der Waals surface area contributed by atoms with E-state index in [0.29, 0.717) is 29.9 Å². The van der Waals surface area contributed by atoms with E-state index in [1.165, 1.54) is 6.42 Å². The Balaban J connectivity index is 2.15. The molecule has 0 radical (unpaired) electrons. The van der Waals surface area contributed by atoms with Crippen LogP contribution in [0.2, 0.25) is 0 Å². The fourth-order valence-electron chi connectivity index (χ4n) is 3.31. The number of halogens is 4. The fraction of sp³-hybridized carbons (Fsp3) is 0.417. The lowest BCUT2D eigenvalue weighted by molar-refractivity contribution is 0.0607. The van der Waals surface area contributed by atoms with E-state index in [1.807, 2.05) is 0 Å². The largest absolute Gasteiger partial charge is 0.274 e. The third-order valence-corrected chi connectivity index (χ3v) is 5.04. The third-order valence-electron chi connectivity index (χ3n) is 5.04. The highest BCUT2D eigenvalue weighted by atomic mass is 19.1. The van der Waals surface area contributed by atoms with Crippen molar-refractivity contribution in [3.8, 4) is 0 Å². The Bertz CT molecular complexity index is 838. The van der Waals surface area contributed by atoms with Crippen LogP contribution in [0.15, 0.2) is 36.4 Å². The van der Waals surface area contributed by atoms with Crippen LogP contribution < -0.4 is 0 Å². The number of carbonyl (C=O) groups is 2. The summed E-state index contributed by atoms with van der Waals surface area (Å²) >= 11 is 0. The van der Waals surface area contributed by atoms with E-state index in [2.05, 4.69) is 6.92 Å². The second kappa shape index (κ2) is 12.2. The Morgan fingerprint density at radius 1 is 0.677 bits per heavy atom. The van der Waals surface area contributed by atoms with Crippen LogP contribution in [0.3, 0.4) is 0 Å². The number of unbranched alkanes of at least 4 members (excludes halogenated alkanes) is 7. The van der Waals surface area contributed by atoms with Crippen molar-refractivity contribution < 1.29 is 27.2 Å². The van der Waals surface area contributed by atoms with E-state index in [0.717, 1.165) is 56.4 Å². The quantitative estimate of drug-likeness (QED) is 0.224. The Kier molecular flexibility index (Phi) is 9.69. The van der Waals surface area contributed by atoms with Crippen LogP contribution in [0.4, 0.5) is 17.6 Å². The lowest BCUT2D eigenvalue weighted by Crippen LogP contribution is -2.38. The summed E-state index contributed by atoms with van der Waals surface area (Å²) in [5.74, 6) is -5.87. The van der Waals surface area contributed by atoms with Crippen LogP contribution in [0.1, 0.15) is 79.0 Å². The zero-order chi connectivity index (χ0) is 22.8. The molecule has 2 aromatic carbocycles. The zero-order valence-corrected chi connectivity index (χ0v) is 17.6. The summed E-state index contributed by atoms with van der Waals surface area (Å²) in [5, 5.41) is 0. The summed E-state index contributed by atoms with van der Waals surface area (Å²) < 4.78 is 55.4. The molecule has 0 saturated heterocycles. The Morgan fingerprint density at radius 3 is 1.55 bits per heavy atom. The number of nitrogens with zero attached hydrogens (tertiary/aromatic N) is 1. The molecule has 0 fully saturated rings. The topological polar surface area (TPSA) is 37.4 Å². The minimum atomic E-state index is -1.09. The van der Waals surface area contributed by atoms with Gasteiger partial charge in [0.25, 0.3) is 11.8 Å². The molecule has 0 aromatic heterocycles. The maximum atomic E-state index is 14.1. The van der Waals surface area contributed by atoms with E-state index in [1.54, 1.807) is 0 Å². The summed E-state index contributed by atoms with van der Waals surface area (Å²) in [5.41, 5.74) is -1.27. The van der Waals surface area contributed by atoms with Crippen LogP contribution in [-0.2, 0) is 0 Å². The maximum absolute atomic E-state index is 14.1. The van der Waals surface area contributed by atoms with Crippen molar-refractivity contribution >= 4 is 11.8 Å². The smallest absolute Gasteiger partial charge is 0.263 e. The van der Waals surface area contributed by atoms with Gasteiger partial charge in [-0.3, -0.25) is 14.5 Å². The molecule has 2 rings (SSSR count). The first kappa shape index (κ1) is 24.6. The van der Waals surface area contributed by atoms with Gasteiger partial charge in [-0.15, -0.1) is 0 Å². The Labute approximate surface area is 180 Å². The highest BCUT2D eigenvalue weighted by Gasteiger charge is 2.28. The molecule has 0 unspecified atom stereocenters. The molecule has 31 heavy (non-hydrogen) atoms. The van der Waals surface area contributed by atoms with Gasteiger partial charge in [-0.25, -0.2) is 17.6 Å². The van der Waals surface area contributed by atoms with Gasteiger partial charge in [0.15, 0.2) is 0 Å². The molecule has 168 valence electrons. The average molecular weight is 437 g/mol. The van der Waals surface area contributed by atoms with Gasteiger partial charge in [0, 0.05) is 6.54 Å². The summed E-state index contributed by atoms with van der Waals surface area (Å²) in [6, 6.07) is 4.64. The second-order valence-corrected chi connectivity index (χ2v) is 7.49. The number of hydrogen-bond acceptors (Lipinski definition) is 2. The minimum absolute atomic E-state index is 0.113. The molecule has 0 aliphatic rings. The molecule has 0 N–H and O–H groups in total. The van der Waals surface area contributed by atoms with Gasteiger partial charge in [-0.1, -0.05) is 51.9 Å². The average Bonchev–Trinajstić information content (AvgIpc) is 2.75. The normalized spacial score (nSPS) is 10.9. The van der Waals surface area contributed by atoms with Crippen molar-refractivity contribution in [2.75, 3.05) is 6.54 Å². The first-order valence-electron chi connectivity index (χ1n) is 10.6. The van der Waals surface area contributed by atoms with Crippen molar-refractivity contribution in [1.82, 2.24) is 4.90 Å². The molecule has 3 nitrogen and oxygen atoms in total. The van der Waals surface area contributed by atoms with Gasteiger partial charge in [-0.2, -0.15) is 0 Å². The number of benzene rings is 2. The molecule has 2 amide bonds. The van der Waals surface area contributed by atoms with E-state index in [4.69, 9.17) is 0 Å². The maximum Gasteiger partial charge on any atom is 0.263 e. The minimum Gasteiger partial charge on any atom is -0.274 e. The number of amides is 2. The molecule has 0 aliphatic carbocycles.